The lowest BCUT2D eigenvalue weighted by molar-refractivity contribution is -0.129. The second-order valence-electron chi connectivity index (χ2n) is 5.69. The van der Waals surface area contributed by atoms with Crippen LogP contribution in [-0.2, 0) is 14.8 Å². The van der Waals surface area contributed by atoms with Crippen molar-refractivity contribution in [3.63, 3.8) is 0 Å². The van der Waals surface area contributed by atoms with Gasteiger partial charge in [-0.3, -0.25) is 4.79 Å². The lowest BCUT2D eigenvalue weighted by atomic mass is 10.0. The summed E-state index contributed by atoms with van der Waals surface area (Å²) < 4.78 is 38.0. The zero-order valence-corrected chi connectivity index (χ0v) is 13.9. The third-order valence-electron chi connectivity index (χ3n) is 3.76. The fourth-order valence-corrected chi connectivity index (χ4v) is 3.12. The maximum Gasteiger partial charge on any atom is 0.246 e. The Morgan fingerprint density at radius 2 is 2.22 bits per heavy atom. The molecule has 1 atom stereocenters. The van der Waals surface area contributed by atoms with Crippen LogP contribution in [0.15, 0.2) is 30.3 Å². The first-order chi connectivity index (χ1) is 10.8. The third kappa shape index (κ3) is 5.76. The number of rotatable bonds is 5. The van der Waals surface area contributed by atoms with E-state index in [1.165, 1.54) is 18.2 Å². The zero-order chi connectivity index (χ0) is 16.9. The molecule has 126 valence electrons. The minimum atomic E-state index is -3.28. The molecule has 1 heterocycles. The molecule has 1 aromatic rings. The zero-order valence-electron chi connectivity index (χ0n) is 13.0. The Kier molecular flexibility index (Phi) is 5.90. The summed E-state index contributed by atoms with van der Waals surface area (Å²) in [6.07, 6.45) is 6.71. The van der Waals surface area contributed by atoms with Gasteiger partial charge in [0.15, 0.2) is 0 Å². The Bertz CT molecular complexity index is 688. The number of hydrogen-bond donors (Lipinski definition) is 1. The van der Waals surface area contributed by atoms with Crippen molar-refractivity contribution in [1.29, 1.82) is 0 Å². The van der Waals surface area contributed by atoms with Gasteiger partial charge in [-0.25, -0.2) is 17.5 Å². The van der Waals surface area contributed by atoms with Gasteiger partial charge >= 0.3 is 0 Å². The molecule has 1 aliphatic heterocycles. The Labute approximate surface area is 136 Å². The Morgan fingerprint density at radius 3 is 2.91 bits per heavy atom. The van der Waals surface area contributed by atoms with Gasteiger partial charge in [-0.2, -0.15) is 0 Å². The van der Waals surface area contributed by atoms with Crippen LogP contribution in [0.5, 0.6) is 0 Å². The molecule has 1 unspecified atom stereocenters. The number of carbonyl (C=O) groups excluding carboxylic acids is 1. The van der Waals surface area contributed by atoms with E-state index >= 15 is 0 Å². The van der Waals surface area contributed by atoms with Crippen LogP contribution in [0, 0.1) is 5.82 Å². The van der Waals surface area contributed by atoms with Gasteiger partial charge in [-0.15, -0.1) is 0 Å². The van der Waals surface area contributed by atoms with E-state index in [1.54, 1.807) is 23.1 Å². The van der Waals surface area contributed by atoms with Gasteiger partial charge in [0, 0.05) is 25.2 Å². The predicted molar refractivity (Wildman–Crippen MR) is 87.6 cm³/mol. The molecule has 1 saturated heterocycles. The number of hydrogen-bond acceptors (Lipinski definition) is 3. The number of likely N-dealkylation sites (tertiary alicyclic amines) is 1. The molecular weight excluding hydrogens is 319 g/mol. The van der Waals surface area contributed by atoms with Crippen LogP contribution in [0.3, 0.4) is 0 Å². The van der Waals surface area contributed by atoms with Gasteiger partial charge in [0.05, 0.1) is 6.26 Å². The van der Waals surface area contributed by atoms with Gasteiger partial charge < -0.3 is 4.90 Å². The van der Waals surface area contributed by atoms with Crippen molar-refractivity contribution in [2.75, 3.05) is 19.3 Å². The molecule has 0 aromatic heterocycles. The quantitative estimate of drug-likeness (QED) is 0.831. The van der Waals surface area contributed by atoms with Crippen LogP contribution in [0.25, 0.3) is 6.08 Å². The van der Waals surface area contributed by atoms with E-state index in [0.717, 1.165) is 25.5 Å². The summed E-state index contributed by atoms with van der Waals surface area (Å²) in [4.78, 5) is 14.0. The highest BCUT2D eigenvalue weighted by Gasteiger charge is 2.25. The molecular formula is C16H21FN2O3S. The standard InChI is InChI=1S/C16H21FN2O3S/c1-23(21,22)18-12-15-7-2-3-10-19(15)16(20)9-8-13-5-4-6-14(17)11-13/h4-6,8-9,11,15,18H,2-3,7,10,12H2,1H3. The number of carbonyl (C=O) groups is 1. The minimum absolute atomic E-state index is 0.150. The molecule has 7 heteroatoms. The molecule has 0 radical (unpaired) electrons. The van der Waals surface area contributed by atoms with Gasteiger partial charge in [0.1, 0.15) is 5.82 Å². The molecule has 1 aromatic carbocycles. The van der Waals surface area contributed by atoms with E-state index < -0.39 is 10.0 Å². The monoisotopic (exact) mass is 340 g/mol. The van der Waals surface area contributed by atoms with Crippen molar-refractivity contribution >= 4 is 22.0 Å². The lowest BCUT2D eigenvalue weighted by Gasteiger charge is -2.35. The van der Waals surface area contributed by atoms with Crippen LogP contribution in [0.2, 0.25) is 0 Å². The fourth-order valence-electron chi connectivity index (χ4n) is 2.62. The second-order valence-corrected chi connectivity index (χ2v) is 7.52. The number of piperidine rings is 1. The van der Waals surface area contributed by atoms with E-state index in [9.17, 15) is 17.6 Å². The first kappa shape index (κ1) is 17.6. The smallest absolute Gasteiger partial charge is 0.246 e. The highest BCUT2D eigenvalue weighted by molar-refractivity contribution is 7.88. The van der Waals surface area contributed by atoms with Crippen molar-refractivity contribution in [1.82, 2.24) is 9.62 Å². The van der Waals surface area contributed by atoms with Gasteiger partial charge in [0.2, 0.25) is 15.9 Å². The van der Waals surface area contributed by atoms with Crippen LogP contribution in [0.1, 0.15) is 24.8 Å². The fraction of sp³-hybridized carbons (Fsp3) is 0.438. The van der Waals surface area contributed by atoms with E-state index in [4.69, 9.17) is 0 Å². The lowest BCUT2D eigenvalue weighted by Crippen LogP contribution is -2.48. The predicted octanol–water partition coefficient (Wildman–Crippen LogP) is 1.77. The molecule has 1 N–H and O–H groups in total. The SMILES string of the molecule is CS(=O)(=O)NCC1CCCCN1C(=O)C=Cc1cccc(F)c1. The number of sulfonamides is 1. The summed E-state index contributed by atoms with van der Waals surface area (Å²) in [6.45, 7) is 0.820. The van der Waals surface area contributed by atoms with Crippen molar-refractivity contribution in [2.45, 2.75) is 25.3 Å². The molecule has 1 fully saturated rings. The molecule has 0 bridgehead atoms. The summed E-state index contributed by atoms with van der Waals surface area (Å²) in [5.74, 6) is -0.540. The molecule has 5 nitrogen and oxygen atoms in total. The summed E-state index contributed by atoms with van der Waals surface area (Å²) in [5.41, 5.74) is 0.612. The van der Waals surface area contributed by atoms with Crippen molar-refractivity contribution in [2.24, 2.45) is 0 Å². The molecule has 23 heavy (non-hydrogen) atoms. The average Bonchev–Trinajstić information content (AvgIpc) is 2.50. The molecule has 0 spiro atoms. The van der Waals surface area contributed by atoms with E-state index in [2.05, 4.69) is 4.72 Å². The highest BCUT2D eigenvalue weighted by Crippen LogP contribution is 2.17. The maximum absolute atomic E-state index is 13.1. The second kappa shape index (κ2) is 7.70. The van der Waals surface area contributed by atoms with Gasteiger partial charge in [-0.05, 0) is 43.0 Å². The number of halogens is 1. The van der Waals surface area contributed by atoms with Crippen LogP contribution in [0.4, 0.5) is 4.39 Å². The first-order valence-electron chi connectivity index (χ1n) is 7.54. The molecule has 0 saturated carbocycles. The Balaban J connectivity index is 2.03. The third-order valence-corrected chi connectivity index (χ3v) is 4.45. The van der Waals surface area contributed by atoms with Crippen LogP contribution in [-0.4, -0.2) is 44.6 Å². The summed E-state index contributed by atoms with van der Waals surface area (Å²) >= 11 is 0. The molecule has 1 amide bonds. The summed E-state index contributed by atoms with van der Waals surface area (Å²) in [5, 5.41) is 0. The first-order valence-corrected chi connectivity index (χ1v) is 9.43. The molecule has 1 aliphatic rings. The highest BCUT2D eigenvalue weighted by atomic mass is 32.2. The van der Waals surface area contributed by atoms with Crippen molar-refractivity contribution < 1.29 is 17.6 Å². The van der Waals surface area contributed by atoms with Gasteiger partial charge in [-0.1, -0.05) is 12.1 Å². The number of amides is 1. The number of nitrogens with zero attached hydrogens (tertiary/aromatic N) is 1. The van der Waals surface area contributed by atoms with Crippen LogP contribution < -0.4 is 4.72 Å². The Hall–Kier alpha value is -1.73. The normalized spacial score (nSPS) is 19.2. The topological polar surface area (TPSA) is 66.5 Å². The van der Waals surface area contributed by atoms with Crippen molar-refractivity contribution in [3.8, 4) is 0 Å². The van der Waals surface area contributed by atoms with E-state index in [-0.39, 0.29) is 24.3 Å². The van der Waals surface area contributed by atoms with Crippen molar-refractivity contribution in [3.05, 3.63) is 41.7 Å². The Morgan fingerprint density at radius 1 is 1.43 bits per heavy atom. The maximum atomic E-state index is 13.1. The van der Waals surface area contributed by atoms with Gasteiger partial charge in [0.25, 0.3) is 0 Å². The number of nitrogens with one attached hydrogen (secondary N) is 1. The molecule has 2 rings (SSSR count). The van der Waals surface area contributed by atoms with Crippen LogP contribution >= 0.6 is 0 Å². The largest absolute Gasteiger partial charge is 0.335 e. The summed E-state index contributed by atoms with van der Waals surface area (Å²) in [6, 6.07) is 5.84. The van der Waals surface area contributed by atoms with E-state index in [0.29, 0.717) is 12.1 Å². The molecule has 0 aliphatic carbocycles. The number of benzene rings is 1. The minimum Gasteiger partial charge on any atom is -0.335 e. The summed E-state index contributed by atoms with van der Waals surface area (Å²) in [7, 11) is -3.28. The average molecular weight is 340 g/mol. The van der Waals surface area contributed by atoms with E-state index in [1.807, 2.05) is 0 Å².